The number of methoxy groups -OCH3 is 2. The monoisotopic (exact) mass is 394 g/mol. The summed E-state index contributed by atoms with van der Waals surface area (Å²) in [6.07, 6.45) is 2.39. The van der Waals surface area contributed by atoms with Gasteiger partial charge in [-0.25, -0.2) is 0 Å². The summed E-state index contributed by atoms with van der Waals surface area (Å²) in [5, 5.41) is 4.36. The number of likely N-dealkylation sites (tertiary alicyclic amines) is 1. The minimum absolute atomic E-state index is 0.0795. The van der Waals surface area contributed by atoms with Crippen LogP contribution in [0, 0.1) is 0 Å². The van der Waals surface area contributed by atoms with E-state index in [-0.39, 0.29) is 11.9 Å². The smallest absolute Gasteiger partial charge is 0.227 e. The Labute approximate surface area is 162 Å². The molecule has 0 saturated carbocycles. The highest BCUT2D eigenvalue weighted by Gasteiger charge is 2.21. The number of carbonyl (C=O) groups excluding carboxylic acids is 1. The molecule has 2 N–H and O–H groups in total. The van der Waals surface area contributed by atoms with Crippen molar-refractivity contribution in [3.63, 3.8) is 0 Å². The molecular weight excluding hydrogens is 372 g/mol. The molecule has 1 aliphatic heterocycles. The standard InChI is InChI=1S/C18H23ClN4O4/c1-25-14-10-11(9-13(19)17(14)26-2)18-21-15(27-22-18)3-4-16(24)23-7-5-12(20)6-8-23/h9-10,12H,3-8,20H2,1-2H3. The summed E-state index contributed by atoms with van der Waals surface area (Å²) < 4.78 is 15.8. The first kappa shape index (κ1) is 19.4. The molecule has 0 unspecified atom stereocenters. The van der Waals surface area contributed by atoms with Gasteiger partial charge in [-0.05, 0) is 25.0 Å². The van der Waals surface area contributed by atoms with Crippen LogP contribution in [0.25, 0.3) is 11.4 Å². The summed E-state index contributed by atoms with van der Waals surface area (Å²) in [6.45, 7) is 1.42. The molecule has 2 aromatic rings. The Balaban J connectivity index is 1.65. The van der Waals surface area contributed by atoms with E-state index in [1.54, 1.807) is 12.1 Å². The van der Waals surface area contributed by atoms with Crippen molar-refractivity contribution in [2.24, 2.45) is 5.73 Å². The lowest BCUT2D eigenvalue weighted by molar-refractivity contribution is -0.132. The van der Waals surface area contributed by atoms with E-state index in [0.717, 1.165) is 12.8 Å². The van der Waals surface area contributed by atoms with Gasteiger partial charge in [0, 0.05) is 37.5 Å². The normalized spacial score (nSPS) is 15.0. The third kappa shape index (κ3) is 4.51. The molecule has 0 aliphatic carbocycles. The van der Waals surface area contributed by atoms with Crippen molar-refractivity contribution in [3.05, 3.63) is 23.0 Å². The Bertz CT molecular complexity index is 803. The molecule has 146 valence electrons. The van der Waals surface area contributed by atoms with Crippen molar-refractivity contribution < 1.29 is 18.8 Å². The first-order chi connectivity index (χ1) is 13.0. The van der Waals surface area contributed by atoms with Crippen molar-refractivity contribution in [1.29, 1.82) is 0 Å². The summed E-state index contributed by atoms with van der Waals surface area (Å²) in [6, 6.07) is 3.60. The number of hydrogen-bond donors (Lipinski definition) is 1. The van der Waals surface area contributed by atoms with Crippen molar-refractivity contribution in [2.45, 2.75) is 31.7 Å². The third-order valence-electron chi connectivity index (χ3n) is 4.60. The molecule has 0 spiro atoms. The molecule has 2 heterocycles. The number of nitrogens with two attached hydrogens (primary N) is 1. The molecule has 8 nitrogen and oxygen atoms in total. The largest absolute Gasteiger partial charge is 0.493 e. The minimum Gasteiger partial charge on any atom is -0.493 e. The summed E-state index contributed by atoms with van der Waals surface area (Å²) in [4.78, 5) is 18.5. The molecule has 3 rings (SSSR count). The molecule has 1 fully saturated rings. The van der Waals surface area contributed by atoms with Gasteiger partial charge in [-0.15, -0.1) is 0 Å². The van der Waals surface area contributed by atoms with Gasteiger partial charge in [-0.2, -0.15) is 4.98 Å². The fourth-order valence-electron chi connectivity index (χ4n) is 3.04. The maximum Gasteiger partial charge on any atom is 0.227 e. The number of ether oxygens (including phenoxy) is 2. The lowest BCUT2D eigenvalue weighted by Gasteiger charge is -2.30. The Kier molecular flexibility index (Phi) is 6.18. The summed E-state index contributed by atoms with van der Waals surface area (Å²) in [7, 11) is 3.04. The van der Waals surface area contributed by atoms with Crippen LogP contribution in [-0.4, -0.2) is 54.3 Å². The van der Waals surface area contributed by atoms with Crippen LogP contribution >= 0.6 is 11.6 Å². The number of nitrogens with zero attached hydrogens (tertiary/aromatic N) is 3. The first-order valence-electron chi connectivity index (χ1n) is 8.79. The fourth-order valence-corrected chi connectivity index (χ4v) is 3.33. The van der Waals surface area contributed by atoms with E-state index in [9.17, 15) is 4.79 Å². The number of aryl methyl sites for hydroxylation is 1. The van der Waals surface area contributed by atoms with E-state index in [2.05, 4.69) is 10.1 Å². The molecule has 0 bridgehead atoms. The van der Waals surface area contributed by atoms with E-state index in [1.807, 2.05) is 4.90 Å². The van der Waals surface area contributed by atoms with E-state index in [0.29, 0.717) is 59.7 Å². The average molecular weight is 395 g/mol. The lowest BCUT2D eigenvalue weighted by atomic mass is 10.1. The highest BCUT2D eigenvalue weighted by molar-refractivity contribution is 6.32. The van der Waals surface area contributed by atoms with Gasteiger partial charge in [0.05, 0.1) is 19.2 Å². The van der Waals surface area contributed by atoms with Crippen LogP contribution in [0.2, 0.25) is 5.02 Å². The van der Waals surface area contributed by atoms with Gasteiger partial charge in [0.15, 0.2) is 11.5 Å². The van der Waals surface area contributed by atoms with Crippen molar-refractivity contribution in [3.8, 4) is 22.9 Å². The molecular formula is C18H23ClN4O4. The maximum atomic E-state index is 12.3. The van der Waals surface area contributed by atoms with Gasteiger partial charge in [0.1, 0.15) is 0 Å². The molecule has 0 radical (unpaired) electrons. The van der Waals surface area contributed by atoms with Gasteiger partial charge < -0.3 is 24.6 Å². The maximum absolute atomic E-state index is 12.3. The SMILES string of the molecule is COc1cc(-c2noc(CCC(=O)N3CCC(N)CC3)n2)cc(Cl)c1OC. The number of carbonyl (C=O) groups is 1. The van der Waals surface area contributed by atoms with E-state index in [4.69, 9.17) is 31.3 Å². The molecule has 1 aromatic heterocycles. The van der Waals surface area contributed by atoms with E-state index < -0.39 is 0 Å². The van der Waals surface area contributed by atoms with E-state index in [1.165, 1.54) is 14.2 Å². The molecule has 1 amide bonds. The van der Waals surface area contributed by atoms with Gasteiger partial charge in [0.2, 0.25) is 17.6 Å². The quantitative estimate of drug-likeness (QED) is 0.801. The lowest BCUT2D eigenvalue weighted by Crippen LogP contribution is -2.42. The molecule has 0 atom stereocenters. The molecule has 1 saturated heterocycles. The zero-order valence-electron chi connectivity index (χ0n) is 15.4. The number of halogens is 1. The summed E-state index contributed by atoms with van der Waals surface area (Å²) in [5.74, 6) is 1.78. The first-order valence-corrected chi connectivity index (χ1v) is 9.17. The number of piperidine rings is 1. The number of aromatic nitrogens is 2. The highest BCUT2D eigenvalue weighted by Crippen LogP contribution is 2.38. The van der Waals surface area contributed by atoms with Crippen LogP contribution in [0.4, 0.5) is 0 Å². The van der Waals surface area contributed by atoms with Crippen LogP contribution in [0.3, 0.4) is 0 Å². The van der Waals surface area contributed by atoms with Gasteiger partial charge in [-0.3, -0.25) is 4.79 Å². The van der Waals surface area contributed by atoms with Gasteiger partial charge in [0.25, 0.3) is 0 Å². The molecule has 1 aromatic carbocycles. The second-order valence-electron chi connectivity index (χ2n) is 6.42. The zero-order chi connectivity index (χ0) is 19.4. The second-order valence-corrected chi connectivity index (χ2v) is 6.83. The van der Waals surface area contributed by atoms with Crippen LogP contribution in [0.5, 0.6) is 11.5 Å². The van der Waals surface area contributed by atoms with Crippen LogP contribution in [-0.2, 0) is 11.2 Å². The average Bonchev–Trinajstić information content (AvgIpc) is 3.15. The highest BCUT2D eigenvalue weighted by atomic mass is 35.5. The van der Waals surface area contributed by atoms with Crippen molar-refractivity contribution in [2.75, 3.05) is 27.3 Å². The Hall–Kier alpha value is -2.32. The van der Waals surface area contributed by atoms with E-state index >= 15 is 0 Å². The third-order valence-corrected chi connectivity index (χ3v) is 4.89. The van der Waals surface area contributed by atoms with Gasteiger partial charge in [-0.1, -0.05) is 16.8 Å². The minimum atomic E-state index is 0.0795. The molecule has 9 heteroatoms. The number of amides is 1. The number of benzene rings is 1. The van der Waals surface area contributed by atoms with Crippen molar-refractivity contribution in [1.82, 2.24) is 15.0 Å². The number of rotatable bonds is 6. The topological polar surface area (TPSA) is 104 Å². The Morgan fingerprint density at radius 3 is 2.74 bits per heavy atom. The van der Waals surface area contributed by atoms with Crippen LogP contribution < -0.4 is 15.2 Å². The Morgan fingerprint density at radius 1 is 1.33 bits per heavy atom. The predicted octanol–water partition coefficient (Wildman–Crippen LogP) is 2.29. The Morgan fingerprint density at radius 2 is 2.07 bits per heavy atom. The van der Waals surface area contributed by atoms with Gasteiger partial charge >= 0.3 is 0 Å². The second kappa shape index (κ2) is 8.58. The molecule has 1 aliphatic rings. The van der Waals surface area contributed by atoms with Crippen LogP contribution in [0.15, 0.2) is 16.7 Å². The van der Waals surface area contributed by atoms with Crippen molar-refractivity contribution >= 4 is 17.5 Å². The predicted molar refractivity (Wildman–Crippen MR) is 100.0 cm³/mol. The molecule has 27 heavy (non-hydrogen) atoms. The number of hydrogen-bond acceptors (Lipinski definition) is 7. The van der Waals surface area contributed by atoms with Crippen LogP contribution in [0.1, 0.15) is 25.2 Å². The zero-order valence-corrected chi connectivity index (χ0v) is 16.2. The fraction of sp³-hybridized carbons (Fsp3) is 0.500. The summed E-state index contributed by atoms with van der Waals surface area (Å²) in [5.41, 5.74) is 6.51. The summed E-state index contributed by atoms with van der Waals surface area (Å²) >= 11 is 6.22.